The number of guanidine groups is 1. The molecule has 25 heavy (non-hydrogen) atoms. The molecule has 0 amide bonds. The van der Waals surface area contributed by atoms with Crippen molar-refractivity contribution in [1.29, 1.82) is 0 Å². The van der Waals surface area contributed by atoms with Crippen molar-refractivity contribution < 1.29 is 4.42 Å². The van der Waals surface area contributed by atoms with E-state index in [0.29, 0.717) is 18.4 Å². The van der Waals surface area contributed by atoms with E-state index in [1.165, 1.54) is 0 Å². The fourth-order valence-electron chi connectivity index (χ4n) is 2.20. The van der Waals surface area contributed by atoms with Gasteiger partial charge in [0.1, 0.15) is 5.76 Å². The van der Waals surface area contributed by atoms with Crippen LogP contribution in [-0.2, 0) is 12.0 Å². The molecule has 1 aromatic heterocycles. The molecule has 0 saturated carbocycles. The zero-order valence-corrected chi connectivity index (χ0v) is 18.3. The van der Waals surface area contributed by atoms with Crippen LogP contribution in [0.1, 0.15) is 51.0 Å². The highest BCUT2D eigenvalue weighted by Gasteiger charge is 2.19. The van der Waals surface area contributed by atoms with Crippen LogP contribution in [0.15, 0.2) is 39.9 Å². The molecule has 0 bridgehead atoms. The summed E-state index contributed by atoms with van der Waals surface area (Å²) in [6.45, 7) is 8.78. The van der Waals surface area contributed by atoms with Gasteiger partial charge in [-0.3, -0.25) is 4.99 Å². The minimum atomic E-state index is -0.0518. The zero-order chi connectivity index (χ0) is 17.7. The first-order valence-corrected chi connectivity index (χ1v) is 8.36. The molecule has 1 aromatic carbocycles. The van der Waals surface area contributed by atoms with Crippen LogP contribution in [0.25, 0.3) is 0 Å². The second-order valence-electron chi connectivity index (χ2n) is 6.68. The summed E-state index contributed by atoms with van der Waals surface area (Å²) < 4.78 is 5.77. The fourth-order valence-corrected chi connectivity index (χ4v) is 2.50. The Bertz CT molecular complexity index is 709. The summed E-state index contributed by atoms with van der Waals surface area (Å²) in [5, 5.41) is 7.26. The molecule has 0 fully saturated rings. The van der Waals surface area contributed by atoms with Crippen molar-refractivity contribution in [3.05, 3.63) is 52.7 Å². The smallest absolute Gasteiger partial charge is 0.213 e. The number of aromatic nitrogens is 1. The first kappa shape index (κ1) is 21.8. The van der Waals surface area contributed by atoms with Gasteiger partial charge in [0.2, 0.25) is 5.89 Å². The quantitative estimate of drug-likeness (QED) is 0.382. The van der Waals surface area contributed by atoms with Crippen LogP contribution in [0, 0.1) is 0 Å². The summed E-state index contributed by atoms with van der Waals surface area (Å²) in [6, 6.07) is 7.79. The van der Waals surface area contributed by atoms with Gasteiger partial charge in [-0.05, 0) is 18.6 Å². The predicted molar refractivity (Wildman–Crippen MR) is 114 cm³/mol. The van der Waals surface area contributed by atoms with Crippen molar-refractivity contribution in [1.82, 2.24) is 15.6 Å². The largest absolute Gasteiger partial charge is 0.443 e. The molecule has 138 valence electrons. The highest BCUT2D eigenvalue weighted by Crippen LogP contribution is 2.23. The Morgan fingerprint density at radius 2 is 2.00 bits per heavy atom. The number of benzene rings is 1. The maximum atomic E-state index is 6.24. The molecule has 0 aliphatic rings. The molecule has 2 aromatic rings. The van der Waals surface area contributed by atoms with Crippen molar-refractivity contribution in [2.75, 3.05) is 7.05 Å². The van der Waals surface area contributed by atoms with Crippen LogP contribution < -0.4 is 10.6 Å². The number of hydrogen-bond donors (Lipinski definition) is 2. The van der Waals surface area contributed by atoms with E-state index in [1.54, 1.807) is 13.2 Å². The molecule has 5 nitrogen and oxygen atoms in total. The van der Waals surface area contributed by atoms with E-state index in [1.807, 2.05) is 31.2 Å². The molecule has 1 atom stereocenters. The van der Waals surface area contributed by atoms with Gasteiger partial charge in [0, 0.05) is 17.5 Å². The minimum absolute atomic E-state index is 0. The number of nitrogens with one attached hydrogen (secondary N) is 2. The van der Waals surface area contributed by atoms with E-state index in [4.69, 9.17) is 16.0 Å². The molecule has 1 heterocycles. The van der Waals surface area contributed by atoms with Crippen LogP contribution in [0.3, 0.4) is 0 Å². The number of nitrogens with zero attached hydrogens (tertiary/aromatic N) is 2. The SMILES string of the molecule is CN=C(NCc1ncc(C(C)(C)C)o1)NC(C)c1ccccc1Cl.I. The molecule has 2 N–H and O–H groups in total. The van der Waals surface area contributed by atoms with Gasteiger partial charge in [-0.2, -0.15) is 0 Å². The Morgan fingerprint density at radius 3 is 2.56 bits per heavy atom. The second kappa shape index (κ2) is 9.43. The third-order valence-electron chi connectivity index (χ3n) is 3.65. The first-order valence-electron chi connectivity index (χ1n) is 7.98. The minimum Gasteiger partial charge on any atom is -0.443 e. The maximum absolute atomic E-state index is 6.24. The highest BCUT2D eigenvalue weighted by atomic mass is 127. The Hall–Kier alpha value is -1.28. The van der Waals surface area contributed by atoms with Gasteiger partial charge in [0.25, 0.3) is 0 Å². The van der Waals surface area contributed by atoms with Crippen molar-refractivity contribution in [2.24, 2.45) is 4.99 Å². The normalized spacial score (nSPS) is 13.1. The van der Waals surface area contributed by atoms with Crippen LogP contribution >= 0.6 is 35.6 Å². The third kappa shape index (κ3) is 6.18. The molecule has 0 radical (unpaired) electrons. The summed E-state index contributed by atoms with van der Waals surface area (Å²) >= 11 is 6.24. The topological polar surface area (TPSA) is 62.5 Å². The Balaban J connectivity index is 0.00000312. The molecule has 2 rings (SSSR count). The Morgan fingerprint density at radius 1 is 1.32 bits per heavy atom. The number of rotatable bonds is 4. The van der Waals surface area contributed by atoms with Gasteiger partial charge in [0.15, 0.2) is 5.96 Å². The van der Waals surface area contributed by atoms with Gasteiger partial charge in [-0.1, -0.05) is 50.6 Å². The van der Waals surface area contributed by atoms with Gasteiger partial charge < -0.3 is 15.1 Å². The second-order valence-corrected chi connectivity index (χ2v) is 7.09. The molecule has 0 spiro atoms. The summed E-state index contributed by atoms with van der Waals surface area (Å²) in [5.74, 6) is 2.16. The molecule has 1 unspecified atom stereocenters. The number of aliphatic imine (C=N–C) groups is 1. The van der Waals surface area contributed by atoms with Gasteiger partial charge >= 0.3 is 0 Å². The molecule has 0 aliphatic carbocycles. The molecular weight excluding hydrogens is 451 g/mol. The number of oxazole rings is 1. The highest BCUT2D eigenvalue weighted by molar-refractivity contribution is 14.0. The standard InChI is InChI=1S/C18H25ClN4O.HI/c1-12(13-8-6-7-9-14(13)19)23-17(20-5)22-11-16-21-10-15(24-16)18(2,3)4;/h6-10,12H,11H2,1-5H3,(H2,20,22,23);1H. The summed E-state index contributed by atoms with van der Waals surface area (Å²) in [5.41, 5.74) is 0.970. The van der Waals surface area contributed by atoms with Gasteiger partial charge in [0.05, 0.1) is 18.8 Å². The van der Waals surface area contributed by atoms with Crippen molar-refractivity contribution in [2.45, 2.75) is 45.7 Å². The van der Waals surface area contributed by atoms with E-state index in [2.05, 4.69) is 41.4 Å². The van der Waals surface area contributed by atoms with E-state index in [-0.39, 0.29) is 35.4 Å². The van der Waals surface area contributed by atoms with E-state index >= 15 is 0 Å². The lowest BCUT2D eigenvalue weighted by Gasteiger charge is -2.18. The van der Waals surface area contributed by atoms with Crippen LogP contribution in [0.4, 0.5) is 0 Å². The lowest BCUT2D eigenvalue weighted by molar-refractivity contribution is 0.379. The van der Waals surface area contributed by atoms with E-state index in [0.717, 1.165) is 16.3 Å². The zero-order valence-electron chi connectivity index (χ0n) is 15.3. The first-order chi connectivity index (χ1) is 11.3. The van der Waals surface area contributed by atoms with Crippen LogP contribution in [0.2, 0.25) is 5.02 Å². The molecule has 0 aliphatic heterocycles. The number of hydrogen-bond acceptors (Lipinski definition) is 3. The molecular formula is C18H26ClIN4O. The molecule has 7 heteroatoms. The summed E-state index contributed by atoms with van der Waals surface area (Å²) in [4.78, 5) is 8.54. The predicted octanol–water partition coefficient (Wildman–Crippen LogP) is 4.67. The Labute approximate surface area is 171 Å². The van der Waals surface area contributed by atoms with Gasteiger partial charge in [-0.25, -0.2) is 4.98 Å². The van der Waals surface area contributed by atoms with Crippen molar-refractivity contribution in [3.8, 4) is 0 Å². The monoisotopic (exact) mass is 476 g/mol. The van der Waals surface area contributed by atoms with Crippen molar-refractivity contribution in [3.63, 3.8) is 0 Å². The van der Waals surface area contributed by atoms with E-state index < -0.39 is 0 Å². The maximum Gasteiger partial charge on any atom is 0.213 e. The Kier molecular flexibility index (Phi) is 8.21. The lowest BCUT2D eigenvalue weighted by Crippen LogP contribution is -2.38. The summed E-state index contributed by atoms with van der Waals surface area (Å²) in [6.07, 6.45) is 1.78. The summed E-state index contributed by atoms with van der Waals surface area (Å²) in [7, 11) is 1.73. The lowest BCUT2D eigenvalue weighted by atomic mass is 9.94. The number of halogens is 2. The van der Waals surface area contributed by atoms with Crippen LogP contribution in [-0.4, -0.2) is 18.0 Å². The third-order valence-corrected chi connectivity index (χ3v) is 3.99. The van der Waals surface area contributed by atoms with Crippen molar-refractivity contribution >= 4 is 41.5 Å². The average molecular weight is 477 g/mol. The average Bonchev–Trinajstić information content (AvgIpc) is 3.00. The van der Waals surface area contributed by atoms with Crippen LogP contribution in [0.5, 0.6) is 0 Å². The van der Waals surface area contributed by atoms with E-state index in [9.17, 15) is 0 Å². The fraction of sp³-hybridized carbons (Fsp3) is 0.444. The van der Waals surface area contributed by atoms with Gasteiger partial charge in [-0.15, -0.1) is 24.0 Å². The molecule has 0 saturated heterocycles.